The monoisotopic (exact) mass is 335 g/mol. The molecule has 0 amide bonds. The number of benzene rings is 2. The molecule has 0 radical (unpaired) electrons. The van der Waals surface area contributed by atoms with Gasteiger partial charge in [0.25, 0.3) is 5.69 Å². The first-order chi connectivity index (χ1) is 11.0. The molecule has 0 fully saturated rings. The molecule has 0 bridgehead atoms. The molecular weight excluding hydrogens is 326 g/mol. The summed E-state index contributed by atoms with van der Waals surface area (Å²) in [6, 6.07) is 8.01. The molecule has 23 heavy (non-hydrogen) atoms. The van der Waals surface area contributed by atoms with Crippen LogP contribution in [0.4, 0.5) is 5.69 Å². The molecule has 2 aromatic rings. The summed E-state index contributed by atoms with van der Waals surface area (Å²) in [5.41, 5.74) is -0.707. The average molecular weight is 336 g/mol. The topological polar surface area (TPSA) is 95.7 Å². The quantitative estimate of drug-likeness (QED) is 0.273. The SMILES string of the molecule is COc1cccc(C=O)c1OC(=O)c1ccc(Cl)cc1[N+](=O)[O-]. The fraction of sp³-hybridized carbons (Fsp3) is 0.0667. The molecule has 0 aliphatic rings. The van der Waals surface area contributed by atoms with Crippen LogP contribution in [-0.4, -0.2) is 24.3 Å². The van der Waals surface area contributed by atoms with E-state index in [-0.39, 0.29) is 27.6 Å². The Kier molecular flexibility index (Phi) is 4.92. The molecule has 0 saturated heterocycles. The summed E-state index contributed by atoms with van der Waals surface area (Å²) < 4.78 is 10.2. The summed E-state index contributed by atoms with van der Waals surface area (Å²) in [5.74, 6) is -0.959. The van der Waals surface area contributed by atoms with Crippen LogP contribution in [0.25, 0.3) is 0 Å². The van der Waals surface area contributed by atoms with Gasteiger partial charge in [-0.05, 0) is 24.3 Å². The first-order valence-corrected chi connectivity index (χ1v) is 6.64. The summed E-state index contributed by atoms with van der Waals surface area (Å²) in [7, 11) is 1.34. The first kappa shape index (κ1) is 16.4. The molecule has 0 aromatic heterocycles. The Morgan fingerprint density at radius 2 is 2.04 bits per heavy atom. The number of esters is 1. The summed E-state index contributed by atoms with van der Waals surface area (Å²) in [4.78, 5) is 33.6. The number of rotatable bonds is 5. The van der Waals surface area contributed by atoms with E-state index in [2.05, 4.69) is 0 Å². The standard InChI is InChI=1S/C15H10ClNO6/c1-22-13-4-2-3-9(8-18)14(13)23-15(19)11-6-5-10(16)7-12(11)17(20)21/h2-8H,1H3. The van der Waals surface area contributed by atoms with Crippen molar-refractivity contribution in [2.45, 2.75) is 0 Å². The van der Waals surface area contributed by atoms with Crippen LogP contribution < -0.4 is 9.47 Å². The van der Waals surface area contributed by atoms with E-state index in [1.54, 1.807) is 6.07 Å². The molecule has 2 rings (SSSR count). The zero-order chi connectivity index (χ0) is 17.0. The Balaban J connectivity index is 2.45. The summed E-state index contributed by atoms with van der Waals surface area (Å²) in [6.07, 6.45) is 0.488. The van der Waals surface area contributed by atoms with Crippen LogP contribution in [0, 0.1) is 10.1 Å². The third-order valence-electron chi connectivity index (χ3n) is 2.93. The van der Waals surface area contributed by atoms with Gasteiger partial charge in [0.15, 0.2) is 17.8 Å². The van der Waals surface area contributed by atoms with Gasteiger partial charge in [0.2, 0.25) is 0 Å². The van der Waals surface area contributed by atoms with Crippen molar-refractivity contribution in [1.82, 2.24) is 0 Å². The smallest absolute Gasteiger partial charge is 0.350 e. The van der Waals surface area contributed by atoms with Crippen LogP contribution in [0.5, 0.6) is 11.5 Å². The predicted molar refractivity (Wildman–Crippen MR) is 81.4 cm³/mol. The molecule has 0 heterocycles. The number of carbonyl (C=O) groups is 2. The number of nitro benzene ring substituents is 1. The van der Waals surface area contributed by atoms with Crippen molar-refractivity contribution in [3.63, 3.8) is 0 Å². The molecule has 0 atom stereocenters. The minimum absolute atomic E-state index is 0.0781. The molecule has 0 unspecified atom stereocenters. The number of nitrogens with zero attached hydrogens (tertiary/aromatic N) is 1. The maximum atomic E-state index is 12.2. The van der Waals surface area contributed by atoms with Crippen molar-refractivity contribution in [1.29, 1.82) is 0 Å². The molecule has 0 spiro atoms. The lowest BCUT2D eigenvalue weighted by Gasteiger charge is -2.11. The lowest BCUT2D eigenvalue weighted by Crippen LogP contribution is -2.13. The highest BCUT2D eigenvalue weighted by Gasteiger charge is 2.24. The van der Waals surface area contributed by atoms with Crippen LogP contribution in [-0.2, 0) is 0 Å². The number of hydrogen-bond acceptors (Lipinski definition) is 6. The Morgan fingerprint density at radius 3 is 2.65 bits per heavy atom. The molecule has 0 N–H and O–H groups in total. The largest absolute Gasteiger partial charge is 0.493 e. The lowest BCUT2D eigenvalue weighted by atomic mass is 10.1. The third kappa shape index (κ3) is 3.46. The maximum Gasteiger partial charge on any atom is 0.350 e. The number of methoxy groups -OCH3 is 1. The molecular formula is C15H10ClNO6. The average Bonchev–Trinajstić information content (AvgIpc) is 2.54. The Hall–Kier alpha value is -2.93. The second-order valence-corrected chi connectivity index (χ2v) is 4.74. The number of halogens is 1. The van der Waals surface area contributed by atoms with E-state index in [9.17, 15) is 19.7 Å². The highest BCUT2D eigenvalue weighted by atomic mass is 35.5. The molecule has 8 heteroatoms. The lowest BCUT2D eigenvalue weighted by molar-refractivity contribution is -0.385. The van der Waals surface area contributed by atoms with Crippen LogP contribution in [0.2, 0.25) is 5.02 Å². The van der Waals surface area contributed by atoms with E-state index in [0.717, 1.165) is 6.07 Å². The van der Waals surface area contributed by atoms with E-state index in [0.29, 0.717) is 6.29 Å². The highest BCUT2D eigenvalue weighted by molar-refractivity contribution is 6.31. The Bertz CT molecular complexity index is 790. The fourth-order valence-corrected chi connectivity index (χ4v) is 2.04. The van der Waals surface area contributed by atoms with Crippen LogP contribution in [0.1, 0.15) is 20.7 Å². The number of ether oxygens (including phenoxy) is 2. The molecule has 0 saturated carbocycles. The molecule has 0 aliphatic heterocycles. The van der Waals surface area contributed by atoms with Crippen LogP contribution in [0.15, 0.2) is 36.4 Å². The van der Waals surface area contributed by atoms with Gasteiger partial charge in [0, 0.05) is 11.1 Å². The molecule has 7 nitrogen and oxygen atoms in total. The second-order valence-electron chi connectivity index (χ2n) is 4.30. The van der Waals surface area contributed by atoms with Gasteiger partial charge >= 0.3 is 5.97 Å². The number of nitro groups is 1. The number of aldehydes is 1. The second kappa shape index (κ2) is 6.89. The Morgan fingerprint density at radius 1 is 1.30 bits per heavy atom. The first-order valence-electron chi connectivity index (χ1n) is 6.26. The third-order valence-corrected chi connectivity index (χ3v) is 3.16. The van der Waals surface area contributed by atoms with Gasteiger partial charge in [-0.25, -0.2) is 4.79 Å². The molecule has 0 aliphatic carbocycles. The zero-order valence-corrected chi connectivity index (χ0v) is 12.6. The van der Waals surface area contributed by atoms with Crippen LogP contribution in [0.3, 0.4) is 0 Å². The van der Waals surface area contributed by atoms with Crippen molar-refractivity contribution < 1.29 is 24.0 Å². The normalized spacial score (nSPS) is 10.0. The zero-order valence-electron chi connectivity index (χ0n) is 11.8. The fourth-order valence-electron chi connectivity index (χ4n) is 1.87. The van der Waals surface area contributed by atoms with Gasteiger partial charge in [-0.1, -0.05) is 17.7 Å². The van der Waals surface area contributed by atoms with Crippen LogP contribution >= 0.6 is 11.6 Å². The van der Waals surface area contributed by atoms with E-state index in [1.807, 2.05) is 0 Å². The maximum absolute atomic E-state index is 12.2. The van der Waals surface area contributed by atoms with E-state index >= 15 is 0 Å². The van der Waals surface area contributed by atoms with Crippen molar-refractivity contribution >= 4 is 29.5 Å². The van der Waals surface area contributed by atoms with Crippen molar-refractivity contribution in [2.24, 2.45) is 0 Å². The number of para-hydroxylation sites is 1. The molecule has 118 valence electrons. The van der Waals surface area contributed by atoms with Gasteiger partial charge in [-0.15, -0.1) is 0 Å². The number of hydrogen-bond donors (Lipinski definition) is 0. The van der Waals surface area contributed by atoms with Gasteiger partial charge in [-0.2, -0.15) is 0 Å². The minimum Gasteiger partial charge on any atom is -0.493 e. The van der Waals surface area contributed by atoms with Crippen molar-refractivity contribution in [3.8, 4) is 11.5 Å². The highest BCUT2D eigenvalue weighted by Crippen LogP contribution is 2.32. The minimum atomic E-state index is -0.999. The van der Waals surface area contributed by atoms with Crippen molar-refractivity contribution in [2.75, 3.05) is 7.11 Å². The van der Waals surface area contributed by atoms with Gasteiger partial charge < -0.3 is 9.47 Å². The molecule has 2 aromatic carbocycles. The summed E-state index contributed by atoms with van der Waals surface area (Å²) in [6.45, 7) is 0. The van der Waals surface area contributed by atoms with Gasteiger partial charge in [0.1, 0.15) is 5.56 Å². The summed E-state index contributed by atoms with van der Waals surface area (Å²) >= 11 is 5.70. The number of carbonyl (C=O) groups excluding carboxylic acids is 2. The van der Waals surface area contributed by atoms with Gasteiger partial charge in [0.05, 0.1) is 17.6 Å². The predicted octanol–water partition coefficient (Wildman–Crippen LogP) is 3.29. The Labute approximate surface area is 135 Å². The summed E-state index contributed by atoms with van der Waals surface area (Å²) in [5, 5.41) is 11.1. The van der Waals surface area contributed by atoms with Gasteiger partial charge in [-0.3, -0.25) is 14.9 Å². The van der Waals surface area contributed by atoms with E-state index in [4.69, 9.17) is 21.1 Å². The van der Waals surface area contributed by atoms with Crippen molar-refractivity contribution in [3.05, 3.63) is 62.7 Å². The van der Waals surface area contributed by atoms with E-state index < -0.39 is 16.6 Å². The van der Waals surface area contributed by atoms with E-state index in [1.165, 1.54) is 31.4 Å².